The molecule has 18 rings (SSSR count). The number of fused-ring (bicyclic) bond motifs is 10. The normalized spacial score (nSPS) is 13.7. The van der Waals surface area contributed by atoms with E-state index >= 15 is 0 Å². The highest BCUT2D eigenvalue weighted by Gasteiger charge is 2.44. The maximum atomic E-state index is 9.37. The van der Waals surface area contributed by atoms with Crippen LogP contribution < -0.4 is 31.1 Å². The summed E-state index contributed by atoms with van der Waals surface area (Å²) < 4.78 is 76.5. The minimum Gasteiger partial charge on any atom is -0.342 e. The molecular formula is C93H74BN5. The molecule has 0 aliphatic carbocycles. The minimum atomic E-state index is -0.457. The van der Waals surface area contributed by atoms with Gasteiger partial charge in [-0.1, -0.05) is 251 Å². The van der Waals surface area contributed by atoms with Crippen LogP contribution in [0.2, 0.25) is 0 Å². The summed E-state index contributed by atoms with van der Waals surface area (Å²) in [5, 5.41) is 2.59. The summed E-state index contributed by atoms with van der Waals surface area (Å²) in [5.41, 5.74) is 25.5. The lowest BCUT2D eigenvalue weighted by molar-refractivity contribution is 0.590. The lowest BCUT2D eigenvalue weighted by Crippen LogP contribution is -2.62. The fourth-order valence-electron chi connectivity index (χ4n) is 15.8. The van der Waals surface area contributed by atoms with Crippen molar-refractivity contribution in [3.05, 3.63) is 350 Å². The lowest BCUT2D eigenvalue weighted by Gasteiger charge is -2.45. The Bertz CT molecular complexity index is 6030. The molecular weight excluding hydrogens is 1200 g/mol. The van der Waals surface area contributed by atoms with Gasteiger partial charge in [-0.3, -0.25) is 0 Å². The van der Waals surface area contributed by atoms with Crippen LogP contribution in [-0.4, -0.2) is 22.4 Å². The molecule has 0 unspecified atom stereocenters. The first-order chi connectivity index (χ1) is 52.1. The van der Waals surface area contributed by atoms with E-state index in [9.17, 15) is 5.48 Å². The highest BCUT2D eigenvalue weighted by Crippen LogP contribution is 2.48. The molecule has 0 spiro atoms. The Morgan fingerprint density at radius 2 is 0.919 bits per heavy atom. The molecule has 0 bridgehead atoms. The van der Waals surface area contributed by atoms with Gasteiger partial charge >= 0.3 is 0 Å². The topological polar surface area (TPSA) is 19.6 Å². The monoisotopic (exact) mass is 1280 g/mol. The van der Waals surface area contributed by atoms with E-state index in [2.05, 4.69) is 325 Å². The molecule has 0 N–H and O–H groups in total. The molecule has 99 heavy (non-hydrogen) atoms. The zero-order valence-electron chi connectivity index (χ0n) is 63.5. The van der Waals surface area contributed by atoms with Gasteiger partial charge in [0.15, 0.2) is 0 Å². The first-order valence-corrected chi connectivity index (χ1v) is 34.4. The molecule has 0 fully saturated rings. The zero-order valence-corrected chi connectivity index (χ0v) is 55.5. The Balaban J connectivity index is 0.840. The lowest BCUT2D eigenvalue weighted by atomic mass is 9.33. The van der Waals surface area contributed by atoms with Gasteiger partial charge < -0.3 is 23.8 Å². The van der Waals surface area contributed by atoms with Crippen molar-refractivity contribution in [2.24, 2.45) is 0 Å². The fourth-order valence-corrected chi connectivity index (χ4v) is 15.8. The van der Waals surface area contributed by atoms with Crippen LogP contribution in [0.5, 0.6) is 0 Å². The molecule has 4 heterocycles. The maximum Gasteiger partial charge on any atom is 0.252 e. The number of aryl methyl sites for hydroxylation is 2. The average molecular weight is 1280 g/mol. The third-order valence-corrected chi connectivity index (χ3v) is 20.4. The molecule has 0 saturated carbocycles. The van der Waals surface area contributed by atoms with Crippen LogP contribution in [0.15, 0.2) is 333 Å². The van der Waals surface area contributed by atoms with Gasteiger partial charge in [0.25, 0.3) is 6.71 Å². The van der Waals surface area contributed by atoms with E-state index in [1.165, 1.54) is 38.5 Å². The van der Waals surface area contributed by atoms with Crippen molar-refractivity contribution in [3.8, 4) is 39.1 Å². The van der Waals surface area contributed by atoms with E-state index in [1.54, 1.807) is 4.57 Å². The summed E-state index contributed by atoms with van der Waals surface area (Å²) in [5.74, 6) is 0. The van der Waals surface area contributed by atoms with Crippen molar-refractivity contribution < 1.29 is 11.0 Å². The number of nitrogens with zero attached hydrogens (tertiary/aromatic N) is 5. The SMILES string of the molecule is [2H]c1c([2H])c([2H])c2c(c1[2H])c1c([2H])c([2H])c([2H])c([2H])c1n2CCc1ccc2c(c1)N(CCCc1c(-c3ccccc3)cccc1-c1ccccc1)c1cc(C(C)(C)C)cc3c1B2c1ccc(N(c2ccccc2)c2ccc(-n4c5ccccc5c5ccccc54)cc2)cc1N3c1cccc(-c2ccccc2)c1. The first kappa shape index (κ1) is 51.4. The molecule has 0 amide bonds. The summed E-state index contributed by atoms with van der Waals surface area (Å²) in [6, 6.07) is 100. The third kappa shape index (κ3) is 10.5. The summed E-state index contributed by atoms with van der Waals surface area (Å²) in [4.78, 5) is 7.47. The largest absolute Gasteiger partial charge is 0.342 e. The van der Waals surface area contributed by atoms with E-state index in [-0.39, 0.29) is 64.6 Å². The number of rotatable bonds is 15. The highest BCUT2D eigenvalue weighted by atomic mass is 15.2. The Morgan fingerprint density at radius 1 is 0.384 bits per heavy atom. The molecule has 0 atom stereocenters. The van der Waals surface area contributed by atoms with Gasteiger partial charge in [-0.2, -0.15) is 0 Å². The second-order valence-electron chi connectivity index (χ2n) is 27.2. The van der Waals surface area contributed by atoms with Crippen LogP contribution in [0.4, 0.5) is 45.5 Å². The number of para-hydroxylation sites is 5. The number of hydrogen-bond acceptors (Lipinski definition) is 3. The number of benzene rings is 14. The third-order valence-electron chi connectivity index (χ3n) is 20.4. The van der Waals surface area contributed by atoms with Gasteiger partial charge in [-0.25, -0.2) is 0 Å². The van der Waals surface area contributed by atoms with Gasteiger partial charge in [0.2, 0.25) is 0 Å². The first-order valence-electron chi connectivity index (χ1n) is 38.4. The van der Waals surface area contributed by atoms with Crippen molar-refractivity contribution in [2.45, 2.75) is 52.0 Å². The van der Waals surface area contributed by atoms with Crippen molar-refractivity contribution in [2.75, 3.05) is 21.2 Å². The minimum absolute atomic E-state index is 0.0844. The zero-order chi connectivity index (χ0) is 73.1. The van der Waals surface area contributed by atoms with Crippen LogP contribution >= 0.6 is 0 Å². The van der Waals surface area contributed by atoms with Crippen LogP contribution in [0.25, 0.3) is 82.7 Å². The molecule has 2 aromatic heterocycles. The van der Waals surface area contributed by atoms with Crippen LogP contribution in [0.1, 0.15) is 54.8 Å². The van der Waals surface area contributed by atoms with E-state index < -0.39 is 24.2 Å². The summed E-state index contributed by atoms with van der Waals surface area (Å²) in [6.07, 6.45) is 1.90. The average Bonchev–Trinajstić information content (AvgIpc) is 1.41. The van der Waals surface area contributed by atoms with E-state index in [1.807, 2.05) is 0 Å². The standard InChI is InChI=1S/C93H74BN5/c1-93(2,3)69-61-90-92-91(62-69)99(73-36-24-33-68(60-73)65-27-8-4-9-28-65)89-63-74(97(70-34-14-7-15-35-70)71-49-51-72(52-50-71)98-86-46-22-18-39-80(86)81-40-19-23-47-87(81)98)53-55-83(89)94(92)82-54-48-64(56-58-96-84-44-20-16-37-78(84)79-38-17-21-45-85(79)96)59-88(82)95(90)57-26-43-77-75(66-29-10-5-11-30-66)41-25-42-76(77)67-31-12-6-13-32-67/h4-25,27-42,44-55,59-63H,26,43,56-58H2,1-3H3/i16D,17D,20D,21D,37D,38D,44D,45D. The van der Waals surface area contributed by atoms with Gasteiger partial charge in [0.1, 0.15) is 0 Å². The van der Waals surface area contributed by atoms with E-state index in [0.29, 0.717) is 13.0 Å². The molecule has 5 nitrogen and oxygen atoms in total. The Kier molecular flexibility index (Phi) is 12.8. The summed E-state index contributed by atoms with van der Waals surface area (Å²) in [7, 11) is 0. The highest BCUT2D eigenvalue weighted by molar-refractivity contribution is 7.00. The molecule has 2 aliphatic heterocycles. The number of hydrogen-bond donors (Lipinski definition) is 0. The number of aromatic nitrogens is 2. The fraction of sp³-hybridized carbons (Fsp3) is 0.0968. The van der Waals surface area contributed by atoms with Gasteiger partial charge in [0, 0.05) is 96.9 Å². The molecule has 0 saturated heterocycles. The molecule has 14 aromatic carbocycles. The molecule has 16 aromatic rings. The van der Waals surface area contributed by atoms with Gasteiger partial charge in [-0.15, -0.1) is 0 Å². The number of anilines is 8. The van der Waals surface area contributed by atoms with Crippen molar-refractivity contribution in [1.29, 1.82) is 0 Å². The second-order valence-corrected chi connectivity index (χ2v) is 27.2. The van der Waals surface area contributed by atoms with Crippen LogP contribution in [0.3, 0.4) is 0 Å². The molecule has 0 radical (unpaired) electrons. The Hall–Kier alpha value is -11.9. The molecule has 2 aliphatic rings. The Morgan fingerprint density at radius 3 is 1.57 bits per heavy atom. The van der Waals surface area contributed by atoms with Crippen LogP contribution in [-0.2, 0) is 24.8 Å². The van der Waals surface area contributed by atoms with Crippen molar-refractivity contribution in [1.82, 2.24) is 9.13 Å². The van der Waals surface area contributed by atoms with E-state index in [0.717, 1.165) is 114 Å². The maximum absolute atomic E-state index is 9.37. The Labute approximate surface area is 591 Å². The van der Waals surface area contributed by atoms with Crippen molar-refractivity contribution in [3.63, 3.8) is 0 Å². The predicted octanol–water partition coefficient (Wildman–Crippen LogP) is 22.3. The molecule has 474 valence electrons. The quantitative estimate of drug-likeness (QED) is 0.0954. The summed E-state index contributed by atoms with van der Waals surface area (Å²) >= 11 is 0. The van der Waals surface area contributed by atoms with Gasteiger partial charge in [-0.05, 0) is 194 Å². The summed E-state index contributed by atoms with van der Waals surface area (Å²) in [6.45, 7) is 7.44. The second kappa shape index (κ2) is 24.7. The predicted molar refractivity (Wildman–Crippen MR) is 421 cm³/mol. The van der Waals surface area contributed by atoms with E-state index in [4.69, 9.17) is 5.48 Å². The van der Waals surface area contributed by atoms with Gasteiger partial charge in [0.05, 0.1) is 22.0 Å². The van der Waals surface area contributed by atoms with Crippen molar-refractivity contribution >= 4 is 112 Å². The smallest absolute Gasteiger partial charge is 0.252 e. The van der Waals surface area contributed by atoms with Crippen LogP contribution in [0, 0.1) is 0 Å². The molecule has 6 heteroatoms.